The number of hydrogen-bond donors (Lipinski definition) is 0. The number of nitrogens with zero attached hydrogens (tertiary/aromatic N) is 1. The molecule has 0 N–H and O–H groups in total. The van der Waals surface area contributed by atoms with Gasteiger partial charge in [-0.05, 0) is 5.41 Å². The van der Waals surface area contributed by atoms with Crippen molar-refractivity contribution < 1.29 is 4.79 Å². The van der Waals surface area contributed by atoms with Crippen molar-refractivity contribution in [2.75, 3.05) is 14.1 Å². The van der Waals surface area contributed by atoms with E-state index >= 15 is 0 Å². The Bertz CT molecular complexity index is 149. The molecule has 11 heavy (non-hydrogen) atoms. The van der Waals surface area contributed by atoms with Crippen molar-refractivity contribution in [3.8, 4) is 0 Å². The topological polar surface area (TPSA) is 20.3 Å². The number of rotatable bonds is 1. The summed E-state index contributed by atoms with van der Waals surface area (Å²) < 4.78 is 0. The van der Waals surface area contributed by atoms with Gasteiger partial charge >= 0.3 is 0 Å². The summed E-state index contributed by atoms with van der Waals surface area (Å²) >= 11 is 5.91. The van der Waals surface area contributed by atoms with E-state index in [1.807, 2.05) is 20.8 Å². The summed E-state index contributed by atoms with van der Waals surface area (Å²) in [6.45, 7) is 5.85. The Kier molecular flexibility index (Phi) is 3.36. The minimum absolute atomic E-state index is 0.0285. The summed E-state index contributed by atoms with van der Waals surface area (Å²) in [7, 11) is 3.42. The molecule has 0 radical (unpaired) electrons. The standard InChI is InChI=1S/C8H16ClNO/c1-8(2,3)6(9)7(11)10(4)5/h6H,1-5H3/t6-/m0/s1. The second kappa shape index (κ2) is 3.44. The molecule has 0 aromatic rings. The zero-order valence-electron chi connectivity index (χ0n) is 7.81. The fourth-order valence-corrected chi connectivity index (χ4v) is 0.792. The Morgan fingerprint density at radius 1 is 1.36 bits per heavy atom. The van der Waals surface area contributed by atoms with E-state index in [0.717, 1.165) is 0 Å². The Balaban J connectivity index is 4.26. The molecule has 0 aliphatic rings. The van der Waals surface area contributed by atoms with Crippen molar-refractivity contribution in [2.45, 2.75) is 26.1 Å². The first-order valence-electron chi connectivity index (χ1n) is 3.62. The normalized spacial score (nSPS) is 14.4. The fraction of sp³-hybridized carbons (Fsp3) is 0.875. The molecule has 0 aliphatic heterocycles. The predicted octanol–water partition coefficient (Wildman–Crippen LogP) is 1.73. The molecule has 3 heteroatoms. The highest BCUT2D eigenvalue weighted by atomic mass is 35.5. The summed E-state index contributed by atoms with van der Waals surface area (Å²) in [4.78, 5) is 12.8. The minimum atomic E-state index is -0.433. The zero-order chi connectivity index (χ0) is 9.23. The van der Waals surface area contributed by atoms with Crippen LogP contribution in [0.25, 0.3) is 0 Å². The highest BCUT2D eigenvalue weighted by Crippen LogP contribution is 2.25. The van der Waals surface area contributed by atoms with Crippen LogP contribution >= 0.6 is 11.6 Å². The number of halogens is 1. The van der Waals surface area contributed by atoms with Crippen molar-refractivity contribution in [2.24, 2.45) is 5.41 Å². The Morgan fingerprint density at radius 2 is 1.73 bits per heavy atom. The maximum atomic E-state index is 11.3. The molecule has 66 valence electrons. The lowest BCUT2D eigenvalue weighted by molar-refractivity contribution is -0.130. The molecular weight excluding hydrogens is 162 g/mol. The number of carbonyl (C=O) groups is 1. The van der Waals surface area contributed by atoms with Gasteiger partial charge in [-0.25, -0.2) is 0 Å². The van der Waals surface area contributed by atoms with E-state index in [1.54, 1.807) is 14.1 Å². The van der Waals surface area contributed by atoms with E-state index in [0.29, 0.717) is 0 Å². The molecule has 1 amide bonds. The molecule has 0 rings (SSSR count). The SMILES string of the molecule is CN(C)C(=O)[C@H](Cl)C(C)(C)C. The fourth-order valence-electron chi connectivity index (χ4n) is 0.597. The van der Waals surface area contributed by atoms with Crippen LogP contribution < -0.4 is 0 Å². The number of hydrogen-bond acceptors (Lipinski definition) is 1. The van der Waals surface area contributed by atoms with Crippen LogP contribution in [-0.2, 0) is 4.79 Å². The van der Waals surface area contributed by atoms with Crippen LogP contribution in [0, 0.1) is 5.41 Å². The average Bonchev–Trinajstić information content (AvgIpc) is 1.82. The highest BCUT2D eigenvalue weighted by molar-refractivity contribution is 6.31. The van der Waals surface area contributed by atoms with E-state index in [-0.39, 0.29) is 11.3 Å². The molecule has 0 bridgehead atoms. The Morgan fingerprint density at radius 3 is 1.82 bits per heavy atom. The van der Waals surface area contributed by atoms with Gasteiger partial charge in [-0.2, -0.15) is 0 Å². The largest absolute Gasteiger partial charge is 0.348 e. The predicted molar refractivity (Wildman–Crippen MR) is 47.8 cm³/mol. The third kappa shape index (κ3) is 3.10. The van der Waals surface area contributed by atoms with Gasteiger partial charge in [0.05, 0.1) is 0 Å². The molecule has 0 heterocycles. The van der Waals surface area contributed by atoms with Gasteiger partial charge in [-0.1, -0.05) is 20.8 Å². The molecule has 0 aliphatic carbocycles. The smallest absolute Gasteiger partial charge is 0.240 e. The molecule has 0 saturated heterocycles. The van der Waals surface area contributed by atoms with Crippen molar-refractivity contribution >= 4 is 17.5 Å². The van der Waals surface area contributed by atoms with Crippen LogP contribution in [0.5, 0.6) is 0 Å². The molecule has 0 fully saturated rings. The maximum Gasteiger partial charge on any atom is 0.240 e. The summed E-state index contributed by atoms with van der Waals surface area (Å²) in [5.74, 6) is -0.0285. The van der Waals surface area contributed by atoms with Crippen LogP contribution in [0.1, 0.15) is 20.8 Å². The van der Waals surface area contributed by atoms with Gasteiger partial charge in [-0.15, -0.1) is 11.6 Å². The van der Waals surface area contributed by atoms with Gasteiger partial charge in [0.15, 0.2) is 0 Å². The van der Waals surface area contributed by atoms with Crippen LogP contribution in [0.3, 0.4) is 0 Å². The summed E-state index contributed by atoms with van der Waals surface area (Å²) in [6, 6.07) is 0. The van der Waals surface area contributed by atoms with E-state index < -0.39 is 5.38 Å². The third-order valence-electron chi connectivity index (χ3n) is 1.42. The molecule has 2 nitrogen and oxygen atoms in total. The molecular formula is C8H16ClNO. The lowest BCUT2D eigenvalue weighted by Gasteiger charge is -2.26. The molecule has 1 atom stereocenters. The number of amides is 1. The van der Waals surface area contributed by atoms with Gasteiger partial charge in [-0.3, -0.25) is 4.79 Å². The lowest BCUT2D eigenvalue weighted by atomic mass is 9.91. The monoisotopic (exact) mass is 177 g/mol. The van der Waals surface area contributed by atoms with Crippen LogP contribution in [-0.4, -0.2) is 30.3 Å². The van der Waals surface area contributed by atoms with E-state index in [2.05, 4.69) is 0 Å². The first-order chi connectivity index (χ1) is 4.76. The van der Waals surface area contributed by atoms with E-state index in [9.17, 15) is 4.79 Å². The van der Waals surface area contributed by atoms with Gasteiger partial charge in [0.1, 0.15) is 5.38 Å². The highest BCUT2D eigenvalue weighted by Gasteiger charge is 2.29. The van der Waals surface area contributed by atoms with Crippen molar-refractivity contribution in [3.63, 3.8) is 0 Å². The van der Waals surface area contributed by atoms with Gasteiger partial charge in [0.2, 0.25) is 5.91 Å². The van der Waals surface area contributed by atoms with Crippen LogP contribution in [0.15, 0.2) is 0 Å². The van der Waals surface area contributed by atoms with E-state index in [1.165, 1.54) is 4.90 Å². The van der Waals surface area contributed by atoms with Gasteiger partial charge < -0.3 is 4.90 Å². The third-order valence-corrected chi connectivity index (χ3v) is 2.26. The molecule has 0 aromatic carbocycles. The summed E-state index contributed by atoms with van der Waals surface area (Å²) in [5.41, 5.74) is -0.164. The first kappa shape index (κ1) is 10.8. The molecule has 0 aromatic heterocycles. The quantitative estimate of drug-likeness (QED) is 0.559. The van der Waals surface area contributed by atoms with Crippen molar-refractivity contribution in [1.82, 2.24) is 4.90 Å². The number of carbonyl (C=O) groups excluding carboxylic acids is 1. The van der Waals surface area contributed by atoms with Gasteiger partial charge in [0, 0.05) is 14.1 Å². The van der Waals surface area contributed by atoms with Crippen LogP contribution in [0.2, 0.25) is 0 Å². The Labute approximate surface area is 73.5 Å². The molecule has 0 spiro atoms. The van der Waals surface area contributed by atoms with Crippen molar-refractivity contribution in [3.05, 3.63) is 0 Å². The molecule has 0 unspecified atom stereocenters. The Hall–Kier alpha value is -0.240. The first-order valence-corrected chi connectivity index (χ1v) is 4.05. The van der Waals surface area contributed by atoms with Gasteiger partial charge in [0.25, 0.3) is 0 Å². The van der Waals surface area contributed by atoms with Crippen LogP contribution in [0.4, 0.5) is 0 Å². The summed E-state index contributed by atoms with van der Waals surface area (Å²) in [5, 5.41) is -0.433. The molecule has 0 saturated carbocycles. The summed E-state index contributed by atoms with van der Waals surface area (Å²) in [6.07, 6.45) is 0. The van der Waals surface area contributed by atoms with E-state index in [4.69, 9.17) is 11.6 Å². The second-order valence-electron chi connectivity index (χ2n) is 3.96. The zero-order valence-corrected chi connectivity index (χ0v) is 8.57. The average molecular weight is 178 g/mol. The number of alkyl halides is 1. The lowest BCUT2D eigenvalue weighted by Crippen LogP contribution is -2.38. The van der Waals surface area contributed by atoms with Crippen molar-refractivity contribution in [1.29, 1.82) is 0 Å². The minimum Gasteiger partial charge on any atom is -0.348 e. The second-order valence-corrected chi connectivity index (χ2v) is 4.40. The maximum absolute atomic E-state index is 11.3.